The molecule has 0 unspecified atom stereocenters. The van der Waals surface area contributed by atoms with Crippen LogP contribution in [0.4, 0.5) is 0 Å². The van der Waals surface area contributed by atoms with Crippen molar-refractivity contribution in [2.45, 2.75) is 6.10 Å². The molecule has 1 atom stereocenters. The molecule has 0 N–H and O–H groups in total. The monoisotopic (exact) mass is 335 g/mol. The Morgan fingerprint density at radius 1 is 1.23 bits per heavy atom. The van der Waals surface area contributed by atoms with Crippen molar-refractivity contribution < 1.29 is 9.47 Å². The lowest BCUT2D eigenvalue weighted by molar-refractivity contribution is 0.0977. The second kappa shape index (κ2) is 6.36. The lowest BCUT2D eigenvalue weighted by Gasteiger charge is -2.27. The number of hydrogen-bond acceptors (Lipinski definition) is 3. The van der Waals surface area contributed by atoms with Gasteiger partial charge in [-0.1, -0.05) is 46.5 Å². The third-order valence-corrected chi connectivity index (χ3v) is 3.79. The number of benzene rings is 2. The number of azide groups is 1. The van der Waals surface area contributed by atoms with E-state index in [1.807, 2.05) is 18.2 Å². The van der Waals surface area contributed by atoms with Crippen molar-refractivity contribution in [2.24, 2.45) is 5.11 Å². The summed E-state index contributed by atoms with van der Waals surface area (Å²) in [6.07, 6.45) is -0.342. The third-order valence-electron chi connectivity index (χ3n) is 3.24. The molecule has 112 valence electrons. The van der Waals surface area contributed by atoms with Crippen LogP contribution in [-0.2, 0) is 0 Å². The Labute approximate surface area is 137 Å². The molecule has 2 aromatic carbocycles. The van der Waals surface area contributed by atoms with Crippen molar-refractivity contribution in [1.29, 1.82) is 0 Å². The molecule has 0 bridgehead atoms. The molecule has 0 saturated heterocycles. The van der Waals surface area contributed by atoms with E-state index in [4.69, 9.17) is 38.2 Å². The van der Waals surface area contributed by atoms with Gasteiger partial charge in [-0.15, -0.1) is 0 Å². The average Bonchev–Trinajstić information content (AvgIpc) is 2.53. The van der Waals surface area contributed by atoms with Crippen LogP contribution in [0, 0.1) is 0 Å². The van der Waals surface area contributed by atoms with Gasteiger partial charge >= 0.3 is 0 Å². The first-order valence-corrected chi connectivity index (χ1v) is 7.33. The molecular weight excluding hydrogens is 325 g/mol. The maximum atomic E-state index is 8.42. The van der Waals surface area contributed by atoms with Crippen LogP contribution in [-0.4, -0.2) is 19.3 Å². The Bertz CT molecular complexity index is 760. The van der Waals surface area contributed by atoms with E-state index >= 15 is 0 Å². The van der Waals surface area contributed by atoms with Crippen LogP contribution >= 0.6 is 23.2 Å². The summed E-state index contributed by atoms with van der Waals surface area (Å²) in [6, 6.07) is 10.9. The molecular formula is C15H11Cl2N3O2. The van der Waals surface area contributed by atoms with Gasteiger partial charge in [-0.25, -0.2) is 0 Å². The van der Waals surface area contributed by atoms with Gasteiger partial charge < -0.3 is 9.47 Å². The quantitative estimate of drug-likeness (QED) is 0.444. The zero-order valence-electron chi connectivity index (χ0n) is 11.4. The van der Waals surface area contributed by atoms with Gasteiger partial charge in [0.05, 0.1) is 6.54 Å². The smallest absolute Gasteiger partial charge is 0.169 e. The molecule has 1 aliphatic rings. The highest BCUT2D eigenvalue weighted by molar-refractivity contribution is 6.34. The fourth-order valence-electron chi connectivity index (χ4n) is 2.28. The summed E-state index contributed by atoms with van der Waals surface area (Å²) in [5.41, 5.74) is 9.98. The van der Waals surface area contributed by atoms with Gasteiger partial charge in [0.1, 0.15) is 12.7 Å². The summed E-state index contributed by atoms with van der Waals surface area (Å²) in [4.78, 5) is 2.74. The van der Waals surface area contributed by atoms with Gasteiger partial charge in [0.2, 0.25) is 0 Å². The first kappa shape index (κ1) is 14.9. The molecule has 3 rings (SSSR count). The topological polar surface area (TPSA) is 67.2 Å². The predicted octanol–water partition coefficient (Wildman–Crippen LogP) is 5.11. The number of ether oxygens (including phenoxy) is 2. The minimum absolute atomic E-state index is 0.195. The lowest BCUT2D eigenvalue weighted by atomic mass is 10.0. The lowest BCUT2D eigenvalue weighted by Crippen LogP contribution is -2.31. The highest BCUT2D eigenvalue weighted by Gasteiger charge is 2.25. The van der Waals surface area contributed by atoms with Gasteiger partial charge in [-0.2, -0.15) is 0 Å². The molecule has 22 heavy (non-hydrogen) atoms. The first-order chi connectivity index (χ1) is 10.7. The van der Waals surface area contributed by atoms with E-state index in [9.17, 15) is 0 Å². The molecule has 0 fully saturated rings. The summed E-state index contributed by atoms with van der Waals surface area (Å²) >= 11 is 12.4. The van der Waals surface area contributed by atoms with E-state index in [-0.39, 0.29) is 12.6 Å². The van der Waals surface area contributed by atoms with E-state index in [1.165, 1.54) is 0 Å². The fraction of sp³-hybridized carbons (Fsp3) is 0.200. The van der Waals surface area contributed by atoms with E-state index in [2.05, 4.69) is 10.0 Å². The fourth-order valence-corrected chi connectivity index (χ4v) is 2.72. The van der Waals surface area contributed by atoms with Gasteiger partial charge in [0, 0.05) is 32.2 Å². The standard InChI is InChI=1S/C15H11Cl2N3O2/c16-9-5-12(11-3-1-2-4-13(11)17)15-14(6-9)21-8-10(22-15)7-19-20-18/h1-6,10H,7-8H2/t10-/m0/s1. The Kier molecular flexibility index (Phi) is 4.29. The minimum atomic E-state index is -0.342. The second-order valence-electron chi connectivity index (χ2n) is 4.72. The third kappa shape index (κ3) is 2.92. The van der Waals surface area contributed by atoms with Gasteiger partial charge in [-0.05, 0) is 17.7 Å². The number of rotatable bonds is 3. The van der Waals surface area contributed by atoms with E-state index in [1.54, 1.807) is 18.2 Å². The molecule has 0 spiro atoms. The van der Waals surface area contributed by atoms with E-state index < -0.39 is 0 Å². The predicted molar refractivity (Wildman–Crippen MR) is 85.8 cm³/mol. The van der Waals surface area contributed by atoms with Crippen molar-refractivity contribution in [3.8, 4) is 22.6 Å². The Morgan fingerprint density at radius 2 is 2.05 bits per heavy atom. The SMILES string of the molecule is [N-]=[N+]=NC[C@H]1COc2cc(Cl)cc(-c3ccccc3Cl)c2O1. The number of nitrogens with zero attached hydrogens (tertiary/aromatic N) is 3. The van der Waals surface area contributed by atoms with Gasteiger partial charge in [-0.3, -0.25) is 0 Å². The van der Waals surface area contributed by atoms with Gasteiger partial charge in [0.25, 0.3) is 0 Å². The van der Waals surface area contributed by atoms with Crippen LogP contribution in [0.15, 0.2) is 41.5 Å². The molecule has 0 aromatic heterocycles. The molecule has 0 aliphatic carbocycles. The molecule has 1 aliphatic heterocycles. The summed E-state index contributed by atoms with van der Waals surface area (Å²) < 4.78 is 11.6. The molecule has 7 heteroatoms. The maximum absolute atomic E-state index is 8.42. The molecule has 0 amide bonds. The van der Waals surface area contributed by atoms with Crippen molar-refractivity contribution in [3.05, 3.63) is 56.9 Å². The van der Waals surface area contributed by atoms with Gasteiger partial charge in [0.15, 0.2) is 11.5 Å². The summed E-state index contributed by atoms with van der Waals surface area (Å²) in [7, 11) is 0. The average molecular weight is 336 g/mol. The van der Waals surface area contributed by atoms with Crippen LogP contribution in [0.5, 0.6) is 11.5 Å². The first-order valence-electron chi connectivity index (χ1n) is 6.58. The van der Waals surface area contributed by atoms with Crippen molar-refractivity contribution in [3.63, 3.8) is 0 Å². The molecule has 0 saturated carbocycles. The molecule has 2 aromatic rings. The van der Waals surface area contributed by atoms with Crippen LogP contribution < -0.4 is 9.47 Å². The number of halogens is 2. The van der Waals surface area contributed by atoms with Crippen molar-refractivity contribution >= 4 is 23.2 Å². The largest absolute Gasteiger partial charge is 0.486 e. The normalized spacial score (nSPS) is 16.0. The van der Waals surface area contributed by atoms with Crippen molar-refractivity contribution in [1.82, 2.24) is 0 Å². The second-order valence-corrected chi connectivity index (χ2v) is 5.57. The zero-order chi connectivity index (χ0) is 15.5. The highest BCUT2D eigenvalue weighted by atomic mass is 35.5. The summed E-state index contributed by atoms with van der Waals surface area (Å²) in [5, 5.41) is 4.65. The highest BCUT2D eigenvalue weighted by Crippen LogP contribution is 2.45. The summed E-state index contributed by atoms with van der Waals surface area (Å²) in [6.45, 7) is 0.495. The number of hydrogen-bond donors (Lipinski definition) is 0. The molecule has 0 radical (unpaired) electrons. The Hall–Kier alpha value is -2.07. The zero-order valence-corrected chi connectivity index (χ0v) is 12.9. The van der Waals surface area contributed by atoms with Crippen LogP contribution in [0.2, 0.25) is 10.0 Å². The van der Waals surface area contributed by atoms with Crippen molar-refractivity contribution in [2.75, 3.05) is 13.2 Å². The molecule has 1 heterocycles. The Morgan fingerprint density at radius 3 is 2.82 bits per heavy atom. The summed E-state index contributed by atoms with van der Waals surface area (Å²) in [5.74, 6) is 1.11. The maximum Gasteiger partial charge on any atom is 0.169 e. The minimum Gasteiger partial charge on any atom is -0.486 e. The van der Waals surface area contributed by atoms with Crippen LogP contribution in [0.1, 0.15) is 0 Å². The Balaban J connectivity index is 2.07. The van der Waals surface area contributed by atoms with E-state index in [0.29, 0.717) is 28.2 Å². The molecule has 5 nitrogen and oxygen atoms in total. The van der Waals surface area contributed by atoms with Crippen LogP contribution in [0.3, 0.4) is 0 Å². The van der Waals surface area contributed by atoms with E-state index in [0.717, 1.165) is 11.1 Å². The number of fused-ring (bicyclic) bond motifs is 1. The van der Waals surface area contributed by atoms with Crippen LogP contribution in [0.25, 0.3) is 21.6 Å².